The second-order valence-corrected chi connectivity index (χ2v) is 6.39. The van der Waals surface area contributed by atoms with Gasteiger partial charge in [-0.2, -0.15) is 0 Å². The molecule has 0 unspecified atom stereocenters. The van der Waals surface area contributed by atoms with E-state index in [4.69, 9.17) is 12.2 Å². The number of hydrogen-bond acceptors (Lipinski definition) is 3. The monoisotopic (exact) mass is 328 g/mol. The van der Waals surface area contributed by atoms with E-state index in [1.165, 1.54) is 0 Å². The van der Waals surface area contributed by atoms with Crippen LogP contribution >= 0.6 is 39.5 Å². The molecule has 0 saturated heterocycles. The molecule has 0 radical (unpaired) electrons. The van der Waals surface area contributed by atoms with Crippen LogP contribution in [0.2, 0.25) is 0 Å². The minimum absolute atomic E-state index is 0.579. The molecule has 0 bridgehead atoms. The summed E-state index contributed by atoms with van der Waals surface area (Å²) >= 11 is 10.5. The molecule has 90 valence electrons. The lowest BCUT2D eigenvalue weighted by Gasteiger charge is -2.09. The predicted molar refractivity (Wildman–Crippen MR) is 79.0 cm³/mol. The van der Waals surface area contributed by atoms with Crippen molar-refractivity contribution < 1.29 is 0 Å². The Hall–Kier alpha value is -0.520. The number of hydrogen-bond donors (Lipinski definition) is 1. The smallest absolute Gasteiger partial charge is 0.149 e. The van der Waals surface area contributed by atoms with Crippen LogP contribution in [0.4, 0.5) is 0 Å². The van der Waals surface area contributed by atoms with Crippen LogP contribution in [0.15, 0.2) is 22.0 Å². The Morgan fingerprint density at radius 1 is 1.53 bits per heavy atom. The first kappa shape index (κ1) is 12.9. The van der Waals surface area contributed by atoms with Crippen molar-refractivity contribution in [3.05, 3.63) is 32.3 Å². The van der Waals surface area contributed by atoms with Crippen LogP contribution in [0.1, 0.15) is 19.5 Å². The van der Waals surface area contributed by atoms with E-state index in [-0.39, 0.29) is 0 Å². The summed E-state index contributed by atoms with van der Waals surface area (Å²) in [6.45, 7) is 4.38. The summed E-state index contributed by atoms with van der Waals surface area (Å²) in [4.78, 5) is 8.90. The molecule has 0 aliphatic rings. The van der Waals surface area contributed by atoms with E-state index >= 15 is 0 Å². The highest BCUT2D eigenvalue weighted by Crippen LogP contribution is 2.25. The van der Waals surface area contributed by atoms with Crippen LogP contribution in [0, 0.1) is 10.6 Å². The standard InChI is InChI=1S/C12H13BrN2S2/c1-7(2)6-8-10(13)12(16)15-11(14-8)9-4-3-5-17-9/h3-5,7H,6H2,1-2H3,(H,14,15,16). The fourth-order valence-electron chi connectivity index (χ4n) is 1.58. The van der Waals surface area contributed by atoms with Crippen LogP contribution in [0.3, 0.4) is 0 Å². The van der Waals surface area contributed by atoms with Crippen molar-refractivity contribution in [3.63, 3.8) is 0 Å². The maximum atomic E-state index is 5.28. The summed E-state index contributed by atoms with van der Waals surface area (Å²) in [5, 5.41) is 2.04. The van der Waals surface area contributed by atoms with Gasteiger partial charge in [-0.3, -0.25) is 0 Å². The summed E-state index contributed by atoms with van der Waals surface area (Å²) < 4.78 is 1.55. The van der Waals surface area contributed by atoms with Gasteiger partial charge in [0.05, 0.1) is 9.35 Å². The number of aromatic nitrogens is 2. The summed E-state index contributed by atoms with van der Waals surface area (Å²) in [5.74, 6) is 1.44. The van der Waals surface area contributed by atoms with Gasteiger partial charge in [0.25, 0.3) is 0 Å². The molecule has 0 aromatic carbocycles. The molecule has 2 aromatic heterocycles. The topological polar surface area (TPSA) is 28.7 Å². The van der Waals surface area contributed by atoms with Crippen molar-refractivity contribution in [1.82, 2.24) is 9.97 Å². The van der Waals surface area contributed by atoms with Gasteiger partial charge in [-0.15, -0.1) is 11.3 Å². The SMILES string of the molecule is CC(C)Cc1[nH]c(-c2cccs2)nc(=S)c1Br. The number of H-pyrrole nitrogens is 1. The summed E-state index contributed by atoms with van der Waals surface area (Å²) in [6, 6.07) is 4.06. The molecule has 0 amide bonds. The highest BCUT2D eigenvalue weighted by molar-refractivity contribution is 9.10. The highest BCUT2D eigenvalue weighted by Gasteiger charge is 2.09. The van der Waals surface area contributed by atoms with E-state index in [0.717, 1.165) is 27.3 Å². The first-order valence-corrected chi connectivity index (χ1v) is 7.48. The van der Waals surface area contributed by atoms with E-state index in [2.05, 4.69) is 39.7 Å². The van der Waals surface area contributed by atoms with E-state index in [9.17, 15) is 0 Å². The number of nitrogens with one attached hydrogen (secondary N) is 1. The summed E-state index contributed by atoms with van der Waals surface area (Å²) in [6.07, 6.45) is 0.963. The fraction of sp³-hybridized carbons (Fsp3) is 0.333. The fourth-order valence-corrected chi connectivity index (χ4v) is 2.82. The molecule has 0 atom stereocenters. The number of thiophene rings is 1. The van der Waals surface area contributed by atoms with E-state index in [0.29, 0.717) is 10.6 Å². The van der Waals surface area contributed by atoms with Crippen LogP contribution in [-0.2, 0) is 6.42 Å². The van der Waals surface area contributed by atoms with Crippen LogP contribution < -0.4 is 0 Å². The Labute approximate surface area is 118 Å². The molecular weight excluding hydrogens is 316 g/mol. The van der Waals surface area contributed by atoms with E-state index in [1.54, 1.807) is 11.3 Å². The minimum atomic E-state index is 0.579. The predicted octanol–water partition coefficient (Wildman–Crippen LogP) is 4.83. The Kier molecular flexibility index (Phi) is 4.12. The molecule has 17 heavy (non-hydrogen) atoms. The molecule has 0 spiro atoms. The molecule has 0 saturated carbocycles. The third-order valence-corrected chi connectivity index (χ3v) is 4.59. The average Bonchev–Trinajstić information content (AvgIpc) is 2.77. The van der Waals surface area contributed by atoms with Gasteiger partial charge < -0.3 is 4.98 Å². The largest absolute Gasteiger partial charge is 0.341 e. The van der Waals surface area contributed by atoms with Gasteiger partial charge in [-0.25, -0.2) is 4.98 Å². The molecule has 2 nitrogen and oxygen atoms in total. The van der Waals surface area contributed by atoms with Crippen molar-refractivity contribution in [3.8, 4) is 10.7 Å². The Bertz CT molecular complexity index is 558. The molecule has 5 heteroatoms. The van der Waals surface area contributed by atoms with Gasteiger partial charge in [0.15, 0.2) is 0 Å². The van der Waals surface area contributed by atoms with Crippen molar-refractivity contribution in [2.75, 3.05) is 0 Å². The van der Waals surface area contributed by atoms with Crippen molar-refractivity contribution in [2.24, 2.45) is 5.92 Å². The molecular formula is C12H13BrN2S2. The zero-order valence-electron chi connectivity index (χ0n) is 9.66. The van der Waals surface area contributed by atoms with Crippen molar-refractivity contribution in [1.29, 1.82) is 0 Å². The van der Waals surface area contributed by atoms with Crippen molar-refractivity contribution in [2.45, 2.75) is 20.3 Å². The lowest BCUT2D eigenvalue weighted by atomic mass is 10.1. The molecule has 0 aliphatic heterocycles. The second-order valence-electron chi connectivity index (χ2n) is 4.26. The quantitative estimate of drug-likeness (QED) is 0.817. The molecule has 1 N–H and O–H groups in total. The summed E-state index contributed by atoms with van der Waals surface area (Å²) in [5.41, 5.74) is 1.13. The highest BCUT2D eigenvalue weighted by atomic mass is 79.9. The first-order valence-electron chi connectivity index (χ1n) is 5.40. The molecule has 2 rings (SSSR count). The van der Waals surface area contributed by atoms with Crippen LogP contribution in [0.5, 0.6) is 0 Å². The van der Waals surface area contributed by atoms with E-state index < -0.39 is 0 Å². The average molecular weight is 329 g/mol. The summed E-state index contributed by atoms with van der Waals surface area (Å²) in [7, 11) is 0. The van der Waals surface area contributed by atoms with Crippen LogP contribution in [-0.4, -0.2) is 9.97 Å². The second kappa shape index (κ2) is 5.42. The number of halogens is 1. The van der Waals surface area contributed by atoms with Crippen molar-refractivity contribution >= 4 is 39.5 Å². The third-order valence-electron chi connectivity index (χ3n) is 2.30. The van der Waals surface area contributed by atoms with Gasteiger partial charge in [-0.1, -0.05) is 32.1 Å². The van der Waals surface area contributed by atoms with E-state index in [1.807, 2.05) is 17.5 Å². The number of nitrogens with zero attached hydrogens (tertiary/aromatic N) is 1. The zero-order valence-corrected chi connectivity index (χ0v) is 12.9. The Morgan fingerprint density at radius 3 is 2.88 bits per heavy atom. The first-order chi connectivity index (χ1) is 8.08. The van der Waals surface area contributed by atoms with Gasteiger partial charge in [0.2, 0.25) is 0 Å². The van der Waals surface area contributed by atoms with Gasteiger partial charge in [-0.05, 0) is 39.7 Å². The van der Waals surface area contributed by atoms with Crippen LogP contribution in [0.25, 0.3) is 10.7 Å². The molecule has 0 aliphatic carbocycles. The third kappa shape index (κ3) is 3.03. The zero-order chi connectivity index (χ0) is 12.4. The molecule has 2 heterocycles. The maximum Gasteiger partial charge on any atom is 0.149 e. The minimum Gasteiger partial charge on any atom is -0.341 e. The van der Waals surface area contributed by atoms with Gasteiger partial charge >= 0.3 is 0 Å². The maximum absolute atomic E-state index is 5.28. The Morgan fingerprint density at radius 2 is 2.29 bits per heavy atom. The number of aromatic amines is 1. The normalized spacial score (nSPS) is 11.1. The van der Waals surface area contributed by atoms with Gasteiger partial charge in [0.1, 0.15) is 10.5 Å². The molecule has 2 aromatic rings. The lowest BCUT2D eigenvalue weighted by Crippen LogP contribution is -2.02. The lowest BCUT2D eigenvalue weighted by molar-refractivity contribution is 0.632. The van der Waals surface area contributed by atoms with Gasteiger partial charge in [0, 0.05) is 5.69 Å². The number of rotatable bonds is 3. The molecule has 0 fully saturated rings. The Balaban J connectivity index is 2.50.